The molecule has 0 amide bonds. The number of hydrogen-bond acceptors (Lipinski definition) is 2. The zero-order valence-electron chi connectivity index (χ0n) is 9.27. The van der Waals surface area contributed by atoms with Crippen LogP contribution in [-0.4, -0.2) is 24.7 Å². The molecule has 0 radical (unpaired) electrons. The van der Waals surface area contributed by atoms with Crippen molar-refractivity contribution in [3.63, 3.8) is 0 Å². The summed E-state index contributed by atoms with van der Waals surface area (Å²) in [6.07, 6.45) is 5.61. The van der Waals surface area contributed by atoms with Crippen molar-refractivity contribution in [2.24, 2.45) is 0 Å². The third kappa shape index (κ3) is 4.63. The lowest BCUT2D eigenvalue weighted by molar-refractivity contribution is 0.426. The number of rotatable bonds is 5. The van der Waals surface area contributed by atoms with Gasteiger partial charge in [-0.05, 0) is 19.8 Å². The van der Waals surface area contributed by atoms with Gasteiger partial charge in [-0.15, -0.1) is 0 Å². The zero-order chi connectivity index (χ0) is 9.68. The summed E-state index contributed by atoms with van der Waals surface area (Å²) in [5.41, 5.74) is 0. The Balaban J connectivity index is 2.03. The van der Waals surface area contributed by atoms with Gasteiger partial charge in [0.15, 0.2) is 0 Å². The predicted octanol–water partition coefficient (Wildman–Crippen LogP) is 1.91. The molecule has 1 rings (SSSR count). The average Bonchev–Trinajstić information content (AvgIpc) is 2.51. The lowest BCUT2D eigenvalue weighted by Crippen LogP contribution is -2.42. The highest BCUT2D eigenvalue weighted by Crippen LogP contribution is 2.17. The molecule has 2 nitrogen and oxygen atoms in total. The van der Waals surface area contributed by atoms with E-state index in [1.807, 2.05) is 0 Å². The van der Waals surface area contributed by atoms with Crippen LogP contribution in [-0.2, 0) is 0 Å². The van der Waals surface area contributed by atoms with Crippen molar-refractivity contribution >= 4 is 0 Å². The van der Waals surface area contributed by atoms with E-state index >= 15 is 0 Å². The second kappa shape index (κ2) is 5.61. The molecule has 1 atom stereocenters. The molecule has 1 aliphatic carbocycles. The zero-order valence-corrected chi connectivity index (χ0v) is 9.27. The molecule has 2 heteroatoms. The molecule has 2 N–H and O–H groups in total. The molecule has 0 heterocycles. The molecule has 0 aromatic carbocycles. The van der Waals surface area contributed by atoms with E-state index in [0.717, 1.165) is 12.6 Å². The second-order valence-corrected chi connectivity index (χ2v) is 4.61. The van der Waals surface area contributed by atoms with Gasteiger partial charge in [0.2, 0.25) is 0 Å². The van der Waals surface area contributed by atoms with Crippen LogP contribution < -0.4 is 10.6 Å². The van der Waals surface area contributed by atoms with Crippen molar-refractivity contribution < 1.29 is 0 Å². The smallest absolute Gasteiger partial charge is 0.0166 e. The first kappa shape index (κ1) is 11.0. The minimum atomic E-state index is 0.598. The topological polar surface area (TPSA) is 24.1 Å². The first-order valence-electron chi connectivity index (χ1n) is 5.68. The minimum absolute atomic E-state index is 0.598. The van der Waals surface area contributed by atoms with Crippen LogP contribution in [0.15, 0.2) is 0 Å². The van der Waals surface area contributed by atoms with Crippen LogP contribution in [0.25, 0.3) is 0 Å². The Bertz CT molecular complexity index is 128. The van der Waals surface area contributed by atoms with E-state index in [4.69, 9.17) is 0 Å². The van der Waals surface area contributed by atoms with E-state index in [2.05, 4.69) is 31.4 Å². The third-order valence-electron chi connectivity index (χ3n) is 2.69. The van der Waals surface area contributed by atoms with Crippen LogP contribution in [0.4, 0.5) is 0 Å². The minimum Gasteiger partial charge on any atom is -0.312 e. The summed E-state index contributed by atoms with van der Waals surface area (Å²) in [6, 6.07) is 2.00. The molecule has 13 heavy (non-hydrogen) atoms. The monoisotopic (exact) mass is 184 g/mol. The summed E-state index contributed by atoms with van der Waals surface area (Å²) in [4.78, 5) is 0. The van der Waals surface area contributed by atoms with E-state index in [-0.39, 0.29) is 0 Å². The number of nitrogens with one attached hydrogen (secondary N) is 2. The first-order valence-corrected chi connectivity index (χ1v) is 5.68. The van der Waals surface area contributed by atoms with Crippen molar-refractivity contribution in [3.8, 4) is 0 Å². The van der Waals surface area contributed by atoms with Crippen molar-refractivity contribution in [2.45, 2.75) is 64.6 Å². The lowest BCUT2D eigenvalue weighted by atomic mass is 10.2. The summed E-state index contributed by atoms with van der Waals surface area (Å²) >= 11 is 0. The maximum atomic E-state index is 3.62. The highest BCUT2D eigenvalue weighted by Gasteiger charge is 2.14. The average molecular weight is 184 g/mol. The van der Waals surface area contributed by atoms with Crippen molar-refractivity contribution in [1.82, 2.24) is 10.6 Å². The molecule has 1 saturated carbocycles. The molecule has 1 unspecified atom stereocenters. The Kier molecular flexibility index (Phi) is 4.74. The fourth-order valence-corrected chi connectivity index (χ4v) is 2.10. The van der Waals surface area contributed by atoms with Gasteiger partial charge in [0.05, 0.1) is 0 Å². The summed E-state index contributed by atoms with van der Waals surface area (Å²) in [5.74, 6) is 0. The van der Waals surface area contributed by atoms with Gasteiger partial charge in [0.25, 0.3) is 0 Å². The van der Waals surface area contributed by atoms with Gasteiger partial charge < -0.3 is 10.6 Å². The SMILES string of the molecule is CC(C)NC(C)CNC1CCCC1. The highest BCUT2D eigenvalue weighted by molar-refractivity contribution is 4.76. The van der Waals surface area contributed by atoms with E-state index in [1.54, 1.807) is 0 Å². The Labute approximate surface area is 82.5 Å². The van der Waals surface area contributed by atoms with Gasteiger partial charge in [0.1, 0.15) is 0 Å². The van der Waals surface area contributed by atoms with Crippen LogP contribution in [0.2, 0.25) is 0 Å². The molecule has 78 valence electrons. The largest absolute Gasteiger partial charge is 0.312 e. The maximum Gasteiger partial charge on any atom is 0.0166 e. The number of hydrogen-bond donors (Lipinski definition) is 2. The van der Waals surface area contributed by atoms with E-state index in [9.17, 15) is 0 Å². The standard InChI is InChI=1S/C11H24N2/c1-9(2)13-10(3)8-12-11-6-4-5-7-11/h9-13H,4-8H2,1-3H3. The molecular weight excluding hydrogens is 160 g/mol. The highest BCUT2D eigenvalue weighted by atomic mass is 15.0. The van der Waals surface area contributed by atoms with E-state index in [0.29, 0.717) is 12.1 Å². The molecule has 1 fully saturated rings. The van der Waals surface area contributed by atoms with Gasteiger partial charge >= 0.3 is 0 Å². The first-order chi connectivity index (χ1) is 6.18. The van der Waals surface area contributed by atoms with Gasteiger partial charge in [0, 0.05) is 24.7 Å². The lowest BCUT2D eigenvalue weighted by Gasteiger charge is -2.20. The van der Waals surface area contributed by atoms with Gasteiger partial charge in [-0.1, -0.05) is 26.7 Å². The normalized spacial score (nSPS) is 21.2. The molecule has 0 bridgehead atoms. The van der Waals surface area contributed by atoms with Crippen LogP contribution in [0.3, 0.4) is 0 Å². The van der Waals surface area contributed by atoms with Crippen molar-refractivity contribution in [3.05, 3.63) is 0 Å². The molecule has 0 spiro atoms. The fourth-order valence-electron chi connectivity index (χ4n) is 2.10. The Morgan fingerprint density at radius 2 is 1.77 bits per heavy atom. The summed E-state index contributed by atoms with van der Waals surface area (Å²) < 4.78 is 0. The van der Waals surface area contributed by atoms with Gasteiger partial charge in [-0.2, -0.15) is 0 Å². The molecular formula is C11H24N2. The quantitative estimate of drug-likeness (QED) is 0.682. The van der Waals surface area contributed by atoms with E-state index < -0.39 is 0 Å². The molecule has 0 aromatic heterocycles. The molecule has 0 aliphatic heterocycles. The molecule has 0 saturated heterocycles. The summed E-state index contributed by atoms with van der Waals surface area (Å²) in [6.45, 7) is 7.77. The Morgan fingerprint density at radius 1 is 1.15 bits per heavy atom. The predicted molar refractivity (Wildman–Crippen MR) is 58.0 cm³/mol. The Morgan fingerprint density at radius 3 is 2.31 bits per heavy atom. The second-order valence-electron chi connectivity index (χ2n) is 4.61. The van der Waals surface area contributed by atoms with Crippen molar-refractivity contribution in [2.75, 3.05) is 6.54 Å². The maximum absolute atomic E-state index is 3.62. The van der Waals surface area contributed by atoms with Gasteiger partial charge in [-0.25, -0.2) is 0 Å². The summed E-state index contributed by atoms with van der Waals surface area (Å²) in [7, 11) is 0. The van der Waals surface area contributed by atoms with Gasteiger partial charge in [-0.3, -0.25) is 0 Å². The van der Waals surface area contributed by atoms with E-state index in [1.165, 1.54) is 25.7 Å². The summed E-state index contributed by atoms with van der Waals surface area (Å²) in [5, 5.41) is 7.13. The van der Waals surface area contributed by atoms with Crippen LogP contribution >= 0.6 is 0 Å². The van der Waals surface area contributed by atoms with Crippen LogP contribution in [0.5, 0.6) is 0 Å². The Hall–Kier alpha value is -0.0800. The van der Waals surface area contributed by atoms with Crippen LogP contribution in [0, 0.1) is 0 Å². The third-order valence-corrected chi connectivity index (χ3v) is 2.69. The molecule has 1 aliphatic rings. The fraction of sp³-hybridized carbons (Fsp3) is 1.00. The van der Waals surface area contributed by atoms with Crippen LogP contribution in [0.1, 0.15) is 46.5 Å². The van der Waals surface area contributed by atoms with Crippen molar-refractivity contribution in [1.29, 1.82) is 0 Å². The molecule has 0 aromatic rings.